The topological polar surface area (TPSA) is 46.2 Å². The minimum absolute atomic E-state index is 0.0703. The molecule has 0 aromatic carbocycles. The number of ketones is 1. The molecule has 124 valence electrons. The standard InChI is InChI=1S/C12H17BrF5NO2/c1-10(2,3)5-7(4-8(20)6-13)19-9(21)11(14,15)12(16,17)18/h7H,4-6H2,1-3H3,(H,19,21). The van der Waals surface area contributed by atoms with Crippen LogP contribution in [0, 0.1) is 5.41 Å². The molecule has 0 aromatic rings. The van der Waals surface area contributed by atoms with Crippen molar-refractivity contribution in [2.24, 2.45) is 5.41 Å². The molecule has 9 heteroatoms. The number of hydrogen-bond acceptors (Lipinski definition) is 2. The SMILES string of the molecule is CC(C)(C)CC(CC(=O)CBr)NC(=O)C(F)(F)C(F)(F)F. The van der Waals surface area contributed by atoms with Gasteiger partial charge in [0.15, 0.2) is 0 Å². The van der Waals surface area contributed by atoms with Crippen molar-refractivity contribution in [3.05, 3.63) is 0 Å². The van der Waals surface area contributed by atoms with Gasteiger partial charge in [0.05, 0.1) is 5.33 Å². The van der Waals surface area contributed by atoms with Crippen molar-refractivity contribution in [3.63, 3.8) is 0 Å². The Bertz CT molecular complexity index is 390. The Morgan fingerprint density at radius 2 is 1.57 bits per heavy atom. The number of amides is 1. The van der Waals surface area contributed by atoms with Crippen molar-refractivity contribution in [2.45, 2.75) is 51.8 Å². The number of halogens is 6. The summed E-state index contributed by atoms with van der Waals surface area (Å²) in [7, 11) is 0. The lowest BCUT2D eigenvalue weighted by atomic mass is 9.86. The lowest BCUT2D eigenvalue weighted by Gasteiger charge is -2.28. The molecule has 0 saturated heterocycles. The predicted octanol–water partition coefficient (Wildman–Crippen LogP) is 3.46. The van der Waals surface area contributed by atoms with Crippen molar-refractivity contribution < 1.29 is 31.5 Å². The van der Waals surface area contributed by atoms with Crippen LogP contribution in [-0.2, 0) is 9.59 Å². The van der Waals surface area contributed by atoms with Gasteiger partial charge in [-0.25, -0.2) is 0 Å². The molecule has 0 aliphatic rings. The second-order valence-electron chi connectivity index (χ2n) is 5.88. The largest absolute Gasteiger partial charge is 0.463 e. The van der Waals surface area contributed by atoms with E-state index in [0.29, 0.717) is 0 Å². The average molecular weight is 382 g/mol. The molecule has 0 fully saturated rings. The van der Waals surface area contributed by atoms with Crippen LogP contribution in [0.3, 0.4) is 0 Å². The van der Waals surface area contributed by atoms with Crippen molar-refractivity contribution >= 4 is 27.6 Å². The third-order valence-electron chi connectivity index (χ3n) is 2.46. The summed E-state index contributed by atoms with van der Waals surface area (Å²) in [6.45, 7) is 5.14. The van der Waals surface area contributed by atoms with Gasteiger partial charge >= 0.3 is 18.0 Å². The molecule has 3 nitrogen and oxygen atoms in total. The molecule has 21 heavy (non-hydrogen) atoms. The summed E-state index contributed by atoms with van der Waals surface area (Å²) in [5, 5.41) is 1.56. The van der Waals surface area contributed by atoms with E-state index in [-0.39, 0.29) is 18.2 Å². The van der Waals surface area contributed by atoms with Crippen molar-refractivity contribution in [2.75, 3.05) is 5.33 Å². The molecular formula is C12H17BrF5NO2. The van der Waals surface area contributed by atoms with Gasteiger partial charge in [0, 0.05) is 12.5 Å². The Morgan fingerprint density at radius 3 is 1.90 bits per heavy atom. The first-order valence-electron chi connectivity index (χ1n) is 6.04. The van der Waals surface area contributed by atoms with Gasteiger partial charge in [-0.1, -0.05) is 36.7 Å². The van der Waals surface area contributed by atoms with Crippen LogP contribution in [0.2, 0.25) is 0 Å². The molecule has 0 aliphatic heterocycles. The quantitative estimate of drug-likeness (QED) is 0.565. The van der Waals surface area contributed by atoms with Crippen LogP contribution < -0.4 is 5.32 Å². The number of carbonyl (C=O) groups excluding carboxylic acids is 2. The van der Waals surface area contributed by atoms with Crippen LogP contribution in [-0.4, -0.2) is 35.2 Å². The Balaban J connectivity index is 5.04. The molecular weight excluding hydrogens is 365 g/mol. The van der Waals surface area contributed by atoms with Gasteiger partial charge in [0.25, 0.3) is 0 Å². The third-order valence-corrected chi connectivity index (χ3v) is 3.08. The fourth-order valence-electron chi connectivity index (χ4n) is 1.65. The predicted molar refractivity (Wildman–Crippen MR) is 70.4 cm³/mol. The van der Waals surface area contributed by atoms with Crippen molar-refractivity contribution in [3.8, 4) is 0 Å². The van der Waals surface area contributed by atoms with Crippen LogP contribution >= 0.6 is 15.9 Å². The first-order valence-corrected chi connectivity index (χ1v) is 7.16. The summed E-state index contributed by atoms with van der Waals surface area (Å²) in [4.78, 5) is 22.5. The van der Waals surface area contributed by atoms with Crippen LogP contribution in [0.15, 0.2) is 0 Å². The average Bonchev–Trinajstić information content (AvgIpc) is 2.24. The Labute approximate surface area is 127 Å². The summed E-state index contributed by atoms with van der Waals surface area (Å²) < 4.78 is 62.2. The number of Topliss-reactive ketones (excluding diaryl/α,β-unsaturated/α-hetero) is 1. The Kier molecular flexibility index (Phi) is 6.78. The number of nitrogens with one attached hydrogen (secondary N) is 1. The zero-order valence-electron chi connectivity index (χ0n) is 11.8. The molecule has 1 amide bonds. The van der Waals surface area contributed by atoms with E-state index in [1.165, 1.54) is 0 Å². The lowest BCUT2D eigenvalue weighted by molar-refractivity contribution is -0.270. The van der Waals surface area contributed by atoms with Gasteiger partial charge in [-0.2, -0.15) is 22.0 Å². The molecule has 0 heterocycles. The van der Waals surface area contributed by atoms with E-state index in [2.05, 4.69) is 15.9 Å². The van der Waals surface area contributed by atoms with Crippen LogP contribution in [0.1, 0.15) is 33.6 Å². The van der Waals surface area contributed by atoms with Crippen LogP contribution in [0.25, 0.3) is 0 Å². The van der Waals surface area contributed by atoms with E-state index in [4.69, 9.17) is 0 Å². The lowest BCUT2D eigenvalue weighted by Crippen LogP contribution is -2.53. The van der Waals surface area contributed by atoms with E-state index in [0.717, 1.165) is 0 Å². The van der Waals surface area contributed by atoms with E-state index in [9.17, 15) is 31.5 Å². The molecule has 0 rings (SSSR count). The highest BCUT2D eigenvalue weighted by Gasteiger charge is 2.63. The highest BCUT2D eigenvalue weighted by Crippen LogP contribution is 2.36. The van der Waals surface area contributed by atoms with Crippen molar-refractivity contribution in [1.82, 2.24) is 5.32 Å². The molecule has 0 spiro atoms. The van der Waals surface area contributed by atoms with Crippen molar-refractivity contribution in [1.29, 1.82) is 0 Å². The zero-order chi connectivity index (χ0) is 17.1. The highest BCUT2D eigenvalue weighted by atomic mass is 79.9. The monoisotopic (exact) mass is 381 g/mol. The van der Waals surface area contributed by atoms with Gasteiger partial charge in [0.2, 0.25) is 0 Å². The molecule has 1 unspecified atom stereocenters. The maximum atomic E-state index is 12.9. The molecule has 0 saturated carbocycles. The summed E-state index contributed by atoms with van der Waals surface area (Å²) in [5.41, 5.74) is -0.460. The van der Waals surface area contributed by atoms with E-state index in [1.54, 1.807) is 26.1 Å². The maximum absolute atomic E-state index is 12.9. The number of carbonyl (C=O) groups is 2. The van der Waals surface area contributed by atoms with Gasteiger partial charge < -0.3 is 5.32 Å². The normalized spacial score (nSPS) is 14.7. The Morgan fingerprint density at radius 1 is 1.10 bits per heavy atom. The zero-order valence-corrected chi connectivity index (χ0v) is 13.4. The minimum atomic E-state index is -5.97. The molecule has 0 aromatic heterocycles. The fourth-order valence-corrected chi connectivity index (χ4v) is 1.88. The fraction of sp³-hybridized carbons (Fsp3) is 0.833. The molecule has 0 bridgehead atoms. The second-order valence-corrected chi connectivity index (χ2v) is 6.44. The molecule has 0 radical (unpaired) electrons. The number of hydrogen-bond donors (Lipinski definition) is 1. The van der Waals surface area contributed by atoms with Gasteiger partial charge in [-0.15, -0.1) is 0 Å². The Hall–Kier alpha value is -0.730. The van der Waals surface area contributed by atoms with E-state index < -0.39 is 35.2 Å². The number of alkyl halides is 6. The first kappa shape index (κ1) is 20.3. The first-order chi connectivity index (χ1) is 9.20. The summed E-state index contributed by atoms with van der Waals surface area (Å²) >= 11 is 2.87. The second kappa shape index (κ2) is 7.02. The highest BCUT2D eigenvalue weighted by molar-refractivity contribution is 9.09. The maximum Gasteiger partial charge on any atom is 0.463 e. The summed E-state index contributed by atoms with van der Waals surface area (Å²) in [5.74, 6) is -8.33. The van der Waals surface area contributed by atoms with Gasteiger partial charge in [-0.3, -0.25) is 9.59 Å². The minimum Gasteiger partial charge on any atom is -0.347 e. The van der Waals surface area contributed by atoms with E-state index in [1.807, 2.05) is 0 Å². The summed E-state index contributed by atoms with van der Waals surface area (Å²) in [6.07, 6.45) is -6.20. The summed E-state index contributed by atoms with van der Waals surface area (Å²) in [6, 6.07) is -1.09. The number of rotatable bonds is 6. The molecule has 1 N–H and O–H groups in total. The van der Waals surface area contributed by atoms with Gasteiger partial charge in [0.1, 0.15) is 5.78 Å². The smallest absolute Gasteiger partial charge is 0.347 e. The van der Waals surface area contributed by atoms with Gasteiger partial charge in [-0.05, 0) is 11.8 Å². The van der Waals surface area contributed by atoms with E-state index >= 15 is 0 Å². The third kappa shape index (κ3) is 6.71. The molecule has 0 aliphatic carbocycles. The van der Waals surface area contributed by atoms with Crippen LogP contribution in [0.4, 0.5) is 22.0 Å². The molecule has 1 atom stereocenters. The van der Waals surface area contributed by atoms with Crippen LogP contribution in [0.5, 0.6) is 0 Å².